The van der Waals surface area contributed by atoms with Crippen molar-refractivity contribution in [2.24, 2.45) is 0 Å². The van der Waals surface area contributed by atoms with E-state index in [4.69, 9.17) is 18.3 Å². The average Bonchev–Trinajstić information content (AvgIpc) is 3.33. The zero-order valence-electron chi connectivity index (χ0n) is 15.0. The first-order chi connectivity index (χ1) is 13.5. The lowest BCUT2D eigenvalue weighted by molar-refractivity contribution is -0.402. The molecule has 11 heteroatoms. The molecule has 11 nitrogen and oxygen atoms in total. The normalized spacial score (nSPS) is 10.5. The monoisotopic (exact) mass is 388 g/mol. The van der Waals surface area contributed by atoms with Gasteiger partial charge in [-0.25, -0.2) is 0 Å². The van der Waals surface area contributed by atoms with Crippen molar-refractivity contribution >= 4 is 17.8 Å². The lowest BCUT2D eigenvalue weighted by Gasteiger charge is -2.11. The second-order valence-corrected chi connectivity index (χ2v) is 5.29. The SMILES string of the molecule is CCOc1ccc(-c2nnc(NC(=O)c3ccc([N+](=O)[O-])o3)o2)cc1OCC. The maximum Gasteiger partial charge on any atom is 0.433 e. The minimum absolute atomic E-state index is 0.143. The summed E-state index contributed by atoms with van der Waals surface area (Å²) in [4.78, 5) is 21.9. The Hall–Kier alpha value is -3.89. The summed E-state index contributed by atoms with van der Waals surface area (Å²) < 4.78 is 21.3. The van der Waals surface area contributed by atoms with Crippen LogP contribution in [0.2, 0.25) is 0 Å². The average molecular weight is 388 g/mol. The first-order valence-corrected chi connectivity index (χ1v) is 8.31. The molecule has 0 saturated carbocycles. The Balaban J connectivity index is 1.76. The van der Waals surface area contributed by atoms with Crippen molar-refractivity contribution in [3.05, 3.63) is 46.2 Å². The highest BCUT2D eigenvalue weighted by atomic mass is 16.6. The Morgan fingerprint density at radius 1 is 1.11 bits per heavy atom. The molecule has 1 aromatic carbocycles. The number of amides is 1. The molecule has 0 fully saturated rings. The van der Waals surface area contributed by atoms with Crippen LogP contribution in [-0.4, -0.2) is 34.2 Å². The first kappa shape index (κ1) is 18.9. The van der Waals surface area contributed by atoms with Gasteiger partial charge in [0.15, 0.2) is 17.3 Å². The molecule has 28 heavy (non-hydrogen) atoms. The van der Waals surface area contributed by atoms with Crippen LogP contribution < -0.4 is 14.8 Å². The number of furan rings is 1. The quantitative estimate of drug-likeness (QED) is 0.454. The summed E-state index contributed by atoms with van der Waals surface area (Å²) in [6, 6.07) is 7.17. The Labute approximate surface area is 158 Å². The van der Waals surface area contributed by atoms with E-state index in [1.807, 2.05) is 13.8 Å². The van der Waals surface area contributed by atoms with E-state index in [0.29, 0.717) is 30.3 Å². The molecule has 146 valence electrons. The third kappa shape index (κ3) is 4.09. The second-order valence-electron chi connectivity index (χ2n) is 5.29. The van der Waals surface area contributed by atoms with E-state index in [1.54, 1.807) is 18.2 Å². The minimum atomic E-state index is -0.759. The molecule has 1 N–H and O–H groups in total. The molecule has 0 radical (unpaired) electrons. The number of nitrogens with one attached hydrogen (secondary N) is 1. The van der Waals surface area contributed by atoms with Gasteiger partial charge in [-0.1, -0.05) is 5.10 Å². The maximum absolute atomic E-state index is 12.1. The van der Waals surface area contributed by atoms with E-state index in [0.717, 1.165) is 6.07 Å². The van der Waals surface area contributed by atoms with Crippen molar-refractivity contribution in [2.75, 3.05) is 18.5 Å². The number of nitrogens with zero attached hydrogens (tertiary/aromatic N) is 3. The molecular formula is C17H16N4O7. The Kier molecular flexibility index (Phi) is 5.53. The molecule has 0 spiro atoms. The van der Waals surface area contributed by atoms with Gasteiger partial charge >= 0.3 is 11.9 Å². The van der Waals surface area contributed by atoms with E-state index in [-0.39, 0.29) is 17.7 Å². The van der Waals surface area contributed by atoms with Crippen LogP contribution in [0.3, 0.4) is 0 Å². The van der Waals surface area contributed by atoms with E-state index < -0.39 is 16.7 Å². The van der Waals surface area contributed by atoms with Crippen molar-refractivity contribution in [3.8, 4) is 23.0 Å². The van der Waals surface area contributed by atoms with Crippen LogP contribution in [0, 0.1) is 10.1 Å². The van der Waals surface area contributed by atoms with Gasteiger partial charge in [-0.3, -0.25) is 20.2 Å². The van der Waals surface area contributed by atoms with Crippen molar-refractivity contribution in [3.63, 3.8) is 0 Å². The van der Waals surface area contributed by atoms with Crippen LogP contribution in [0.5, 0.6) is 11.5 Å². The predicted molar refractivity (Wildman–Crippen MR) is 95.4 cm³/mol. The number of nitro groups is 1. The molecular weight excluding hydrogens is 372 g/mol. The molecule has 0 atom stereocenters. The molecule has 1 amide bonds. The van der Waals surface area contributed by atoms with Gasteiger partial charge in [-0.15, -0.1) is 5.10 Å². The van der Waals surface area contributed by atoms with Crippen molar-refractivity contribution < 1.29 is 28.0 Å². The molecule has 0 aliphatic rings. The standard InChI is InChI=1S/C17H16N4O7/c1-3-25-11-6-5-10(9-13(11)26-4-2)16-19-20-17(28-16)18-15(22)12-7-8-14(27-12)21(23)24/h5-9H,3-4H2,1-2H3,(H,18,20,22). The molecule has 0 aliphatic carbocycles. The van der Waals surface area contributed by atoms with Crippen LogP contribution in [0.1, 0.15) is 24.4 Å². The zero-order valence-corrected chi connectivity index (χ0v) is 15.0. The van der Waals surface area contributed by atoms with Gasteiger partial charge in [0.25, 0.3) is 5.91 Å². The van der Waals surface area contributed by atoms with Crippen LogP contribution in [0.15, 0.2) is 39.2 Å². The number of benzene rings is 1. The van der Waals surface area contributed by atoms with Gasteiger partial charge in [0.05, 0.1) is 19.3 Å². The Bertz CT molecular complexity index is 995. The fourth-order valence-electron chi connectivity index (χ4n) is 2.28. The van der Waals surface area contributed by atoms with E-state index in [9.17, 15) is 14.9 Å². The number of anilines is 1. The number of hydrogen-bond donors (Lipinski definition) is 1. The predicted octanol–water partition coefficient (Wildman–Crippen LogP) is 3.29. The Morgan fingerprint density at radius 2 is 1.86 bits per heavy atom. The Morgan fingerprint density at radius 3 is 2.54 bits per heavy atom. The fraction of sp³-hybridized carbons (Fsp3) is 0.235. The molecule has 0 unspecified atom stereocenters. The first-order valence-electron chi connectivity index (χ1n) is 8.31. The van der Waals surface area contributed by atoms with Gasteiger partial charge in [0, 0.05) is 5.56 Å². The van der Waals surface area contributed by atoms with E-state index in [2.05, 4.69) is 15.5 Å². The van der Waals surface area contributed by atoms with Gasteiger partial charge in [0.2, 0.25) is 5.89 Å². The van der Waals surface area contributed by atoms with Gasteiger partial charge < -0.3 is 18.3 Å². The number of aromatic nitrogens is 2. The molecule has 3 aromatic rings. The summed E-state index contributed by atoms with van der Waals surface area (Å²) in [5.41, 5.74) is 0.563. The largest absolute Gasteiger partial charge is 0.490 e. The zero-order chi connectivity index (χ0) is 20.1. The van der Waals surface area contributed by atoms with Crippen LogP contribution in [0.25, 0.3) is 11.5 Å². The van der Waals surface area contributed by atoms with Gasteiger partial charge in [-0.2, -0.15) is 0 Å². The van der Waals surface area contributed by atoms with E-state index >= 15 is 0 Å². The number of carbonyl (C=O) groups excluding carboxylic acids is 1. The minimum Gasteiger partial charge on any atom is -0.490 e. The molecule has 2 heterocycles. The number of carbonyl (C=O) groups is 1. The summed E-state index contributed by atoms with van der Waals surface area (Å²) in [5, 5.41) is 20.6. The van der Waals surface area contributed by atoms with Crippen LogP contribution in [-0.2, 0) is 0 Å². The summed E-state index contributed by atoms with van der Waals surface area (Å²) in [5.74, 6) is -0.316. The van der Waals surface area contributed by atoms with Crippen molar-refractivity contribution in [1.29, 1.82) is 0 Å². The van der Waals surface area contributed by atoms with Gasteiger partial charge in [0.1, 0.15) is 4.92 Å². The van der Waals surface area contributed by atoms with E-state index in [1.165, 1.54) is 6.07 Å². The highest BCUT2D eigenvalue weighted by Gasteiger charge is 2.20. The molecule has 0 saturated heterocycles. The highest BCUT2D eigenvalue weighted by molar-refractivity contribution is 6.01. The highest BCUT2D eigenvalue weighted by Crippen LogP contribution is 2.33. The fourth-order valence-corrected chi connectivity index (χ4v) is 2.28. The lowest BCUT2D eigenvalue weighted by Crippen LogP contribution is -2.11. The summed E-state index contributed by atoms with van der Waals surface area (Å²) in [6.45, 7) is 4.65. The topological polar surface area (TPSA) is 143 Å². The smallest absolute Gasteiger partial charge is 0.433 e. The van der Waals surface area contributed by atoms with Crippen LogP contribution in [0.4, 0.5) is 11.9 Å². The third-order valence-corrected chi connectivity index (χ3v) is 3.43. The summed E-state index contributed by atoms with van der Waals surface area (Å²) >= 11 is 0. The molecule has 0 bridgehead atoms. The number of ether oxygens (including phenoxy) is 2. The number of rotatable bonds is 8. The molecule has 2 aromatic heterocycles. The third-order valence-electron chi connectivity index (χ3n) is 3.43. The summed E-state index contributed by atoms with van der Waals surface area (Å²) in [7, 11) is 0. The molecule has 0 aliphatic heterocycles. The molecule has 3 rings (SSSR count). The van der Waals surface area contributed by atoms with Crippen molar-refractivity contribution in [1.82, 2.24) is 10.2 Å². The maximum atomic E-state index is 12.1. The lowest BCUT2D eigenvalue weighted by atomic mass is 10.2. The van der Waals surface area contributed by atoms with Crippen molar-refractivity contribution in [2.45, 2.75) is 13.8 Å². The van der Waals surface area contributed by atoms with Crippen LogP contribution >= 0.6 is 0 Å². The van der Waals surface area contributed by atoms with Gasteiger partial charge in [-0.05, 0) is 38.1 Å². The summed E-state index contributed by atoms with van der Waals surface area (Å²) in [6.07, 6.45) is 0. The second kappa shape index (κ2) is 8.20. The number of hydrogen-bond acceptors (Lipinski definition) is 9.